The van der Waals surface area contributed by atoms with Crippen LogP contribution in [-0.4, -0.2) is 16.7 Å². The summed E-state index contributed by atoms with van der Waals surface area (Å²) < 4.78 is 5.67. The van der Waals surface area contributed by atoms with Crippen LogP contribution in [0, 0.1) is 0 Å². The lowest BCUT2D eigenvalue weighted by Crippen LogP contribution is -2.04. The zero-order valence-corrected chi connectivity index (χ0v) is 12.0. The quantitative estimate of drug-likeness (QED) is 0.849. The number of halogens is 1. The van der Waals surface area contributed by atoms with Crippen molar-refractivity contribution in [3.63, 3.8) is 0 Å². The van der Waals surface area contributed by atoms with Gasteiger partial charge in [0.2, 0.25) is 0 Å². The van der Waals surface area contributed by atoms with Crippen molar-refractivity contribution in [3.05, 3.63) is 47.2 Å². The van der Waals surface area contributed by atoms with Crippen molar-refractivity contribution in [2.45, 2.75) is 19.9 Å². The zero-order chi connectivity index (χ0) is 14.4. The van der Waals surface area contributed by atoms with Crippen LogP contribution in [0.5, 0.6) is 11.5 Å². The number of pyridine rings is 1. The molecule has 1 heterocycles. The number of rotatable bonds is 6. The van der Waals surface area contributed by atoms with Gasteiger partial charge in [0, 0.05) is 5.02 Å². The Hall–Kier alpha value is -1.94. The summed E-state index contributed by atoms with van der Waals surface area (Å²) in [5.41, 5.74) is 1.66. The summed E-state index contributed by atoms with van der Waals surface area (Å²) in [6.45, 7) is 3.25. The van der Waals surface area contributed by atoms with Crippen LogP contribution in [0.1, 0.15) is 19.0 Å². The van der Waals surface area contributed by atoms with Crippen molar-refractivity contribution < 1.29 is 9.84 Å². The molecule has 0 saturated carbocycles. The molecular weight excluding hydrogens is 276 g/mol. The van der Waals surface area contributed by atoms with E-state index in [1.807, 2.05) is 12.1 Å². The van der Waals surface area contributed by atoms with Gasteiger partial charge in [-0.05, 0) is 36.8 Å². The van der Waals surface area contributed by atoms with Gasteiger partial charge in [-0.25, -0.2) is 0 Å². The van der Waals surface area contributed by atoms with E-state index in [4.69, 9.17) is 16.3 Å². The van der Waals surface area contributed by atoms with Crippen LogP contribution in [0.25, 0.3) is 0 Å². The minimum absolute atomic E-state index is 0.156. The Morgan fingerprint density at radius 3 is 2.85 bits per heavy atom. The first kappa shape index (κ1) is 14.5. The van der Waals surface area contributed by atoms with Crippen LogP contribution in [0.2, 0.25) is 5.02 Å². The first-order valence-electron chi connectivity index (χ1n) is 6.49. The first-order valence-corrected chi connectivity index (χ1v) is 6.87. The van der Waals surface area contributed by atoms with Crippen molar-refractivity contribution in [2.24, 2.45) is 0 Å². The maximum atomic E-state index is 9.20. The van der Waals surface area contributed by atoms with Gasteiger partial charge in [-0.15, -0.1) is 0 Å². The average Bonchev–Trinajstić information content (AvgIpc) is 2.46. The zero-order valence-electron chi connectivity index (χ0n) is 11.3. The molecule has 20 heavy (non-hydrogen) atoms. The fraction of sp³-hybridized carbons (Fsp3) is 0.267. The highest BCUT2D eigenvalue weighted by Crippen LogP contribution is 2.28. The van der Waals surface area contributed by atoms with Gasteiger partial charge in [0.25, 0.3) is 0 Å². The van der Waals surface area contributed by atoms with E-state index in [0.29, 0.717) is 18.2 Å². The number of ether oxygens (including phenoxy) is 1. The van der Waals surface area contributed by atoms with Crippen molar-refractivity contribution >= 4 is 17.3 Å². The van der Waals surface area contributed by atoms with Crippen molar-refractivity contribution in [2.75, 3.05) is 11.9 Å². The van der Waals surface area contributed by atoms with Gasteiger partial charge in [-0.1, -0.05) is 18.5 Å². The Morgan fingerprint density at radius 1 is 1.30 bits per heavy atom. The Morgan fingerprint density at radius 2 is 2.15 bits per heavy atom. The van der Waals surface area contributed by atoms with Gasteiger partial charge in [-0.2, -0.15) is 0 Å². The van der Waals surface area contributed by atoms with Gasteiger partial charge in [-0.3, -0.25) is 4.98 Å². The van der Waals surface area contributed by atoms with Gasteiger partial charge >= 0.3 is 0 Å². The third-order valence-electron chi connectivity index (χ3n) is 2.67. The van der Waals surface area contributed by atoms with E-state index < -0.39 is 0 Å². The van der Waals surface area contributed by atoms with E-state index in [9.17, 15) is 5.11 Å². The van der Waals surface area contributed by atoms with E-state index in [-0.39, 0.29) is 5.75 Å². The van der Waals surface area contributed by atoms with Crippen LogP contribution in [0.15, 0.2) is 36.5 Å². The van der Waals surface area contributed by atoms with E-state index >= 15 is 0 Å². The van der Waals surface area contributed by atoms with Crippen LogP contribution >= 0.6 is 11.6 Å². The minimum atomic E-state index is 0.156. The molecule has 0 fully saturated rings. The molecule has 0 bridgehead atoms. The molecule has 2 rings (SSSR count). The monoisotopic (exact) mass is 292 g/mol. The number of aromatic nitrogens is 1. The molecule has 5 heteroatoms. The Bertz CT molecular complexity index is 558. The van der Waals surface area contributed by atoms with Gasteiger partial charge in [0.1, 0.15) is 11.5 Å². The van der Waals surface area contributed by atoms with Crippen LogP contribution < -0.4 is 10.1 Å². The van der Waals surface area contributed by atoms with Crippen LogP contribution in [0.3, 0.4) is 0 Å². The standard InChI is InChI=1S/C15H17ClN2O2/c1-2-7-20-15-6-3-11(16)8-14(15)18-9-12-4-5-13(19)10-17-12/h3-6,8,10,18-19H,2,7,9H2,1H3. The molecule has 2 aromatic rings. The van der Waals surface area contributed by atoms with Crippen molar-refractivity contribution in [1.82, 2.24) is 4.98 Å². The second kappa shape index (κ2) is 7.01. The summed E-state index contributed by atoms with van der Waals surface area (Å²) in [5, 5.41) is 13.1. The summed E-state index contributed by atoms with van der Waals surface area (Å²) in [6, 6.07) is 8.85. The molecule has 0 unspecified atom stereocenters. The maximum absolute atomic E-state index is 9.20. The average molecular weight is 293 g/mol. The Labute approximate surface area is 123 Å². The first-order chi connectivity index (χ1) is 9.69. The van der Waals surface area contributed by atoms with Gasteiger partial charge in [0.05, 0.1) is 30.7 Å². The summed E-state index contributed by atoms with van der Waals surface area (Å²) in [6.07, 6.45) is 2.37. The fourth-order valence-corrected chi connectivity index (χ4v) is 1.86. The molecule has 4 nitrogen and oxygen atoms in total. The normalized spacial score (nSPS) is 10.3. The maximum Gasteiger partial charge on any atom is 0.142 e. The molecule has 0 atom stereocenters. The number of anilines is 1. The lowest BCUT2D eigenvalue weighted by atomic mass is 10.2. The molecule has 2 N–H and O–H groups in total. The highest BCUT2D eigenvalue weighted by Gasteiger charge is 2.05. The highest BCUT2D eigenvalue weighted by atomic mass is 35.5. The molecule has 0 amide bonds. The number of aromatic hydroxyl groups is 1. The second-order valence-corrected chi connectivity index (χ2v) is 4.79. The van der Waals surface area contributed by atoms with E-state index in [2.05, 4.69) is 17.2 Å². The summed E-state index contributed by atoms with van der Waals surface area (Å²) >= 11 is 6.01. The van der Waals surface area contributed by atoms with E-state index in [0.717, 1.165) is 23.6 Å². The molecule has 106 valence electrons. The van der Waals surface area contributed by atoms with Crippen molar-refractivity contribution in [3.8, 4) is 11.5 Å². The largest absolute Gasteiger partial charge is 0.506 e. The molecule has 0 aliphatic rings. The number of hydrogen-bond donors (Lipinski definition) is 2. The topological polar surface area (TPSA) is 54.4 Å². The molecule has 0 spiro atoms. The molecule has 0 saturated heterocycles. The minimum Gasteiger partial charge on any atom is -0.506 e. The number of nitrogens with zero attached hydrogens (tertiary/aromatic N) is 1. The van der Waals surface area contributed by atoms with Crippen LogP contribution in [-0.2, 0) is 6.54 Å². The number of nitrogens with one attached hydrogen (secondary N) is 1. The lowest BCUT2D eigenvalue weighted by Gasteiger charge is -2.13. The lowest BCUT2D eigenvalue weighted by molar-refractivity contribution is 0.319. The van der Waals surface area contributed by atoms with E-state index in [1.165, 1.54) is 6.20 Å². The van der Waals surface area contributed by atoms with Gasteiger partial charge in [0.15, 0.2) is 0 Å². The summed E-state index contributed by atoms with van der Waals surface area (Å²) in [7, 11) is 0. The third kappa shape index (κ3) is 4.03. The predicted octanol–water partition coefficient (Wildman–Crippen LogP) is 3.84. The van der Waals surface area contributed by atoms with Crippen molar-refractivity contribution in [1.29, 1.82) is 0 Å². The number of hydrogen-bond acceptors (Lipinski definition) is 4. The molecule has 0 aliphatic carbocycles. The number of benzene rings is 1. The molecule has 1 aromatic carbocycles. The Kier molecular flexibility index (Phi) is 5.07. The third-order valence-corrected chi connectivity index (χ3v) is 2.91. The highest BCUT2D eigenvalue weighted by molar-refractivity contribution is 6.30. The Balaban J connectivity index is 2.07. The molecule has 1 aromatic heterocycles. The smallest absolute Gasteiger partial charge is 0.142 e. The predicted molar refractivity (Wildman–Crippen MR) is 80.5 cm³/mol. The molecule has 0 radical (unpaired) electrons. The SMILES string of the molecule is CCCOc1ccc(Cl)cc1NCc1ccc(O)cn1. The second-order valence-electron chi connectivity index (χ2n) is 4.35. The molecule has 0 aliphatic heterocycles. The fourth-order valence-electron chi connectivity index (χ4n) is 1.69. The molecular formula is C15H17ClN2O2. The summed E-state index contributed by atoms with van der Waals surface area (Å²) in [4.78, 5) is 4.12. The van der Waals surface area contributed by atoms with E-state index in [1.54, 1.807) is 18.2 Å². The summed E-state index contributed by atoms with van der Waals surface area (Å²) in [5.74, 6) is 0.929. The van der Waals surface area contributed by atoms with Gasteiger partial charge < -0.3 is 15.2 Å². The van der Waals surface area contributed by atoms with Crippen LogP contribution in [0.4, 0.5) is 5.69 Å².